The SMILES string of the molecule is O=C(O)c1ccnc(Nc2cc(Cl)ccc2Cl)c1. The van der Waals surface area contributed by atoms with Crippen molar-refractivity contribution in [2.75, 3.05) is 5.32 Å². The number of carbonyl (C=O) groups is 1. The topological polar surface area (TPSA) is 62.2 Å². The highest BCUT2D eigenvalue weighted by molar-refractivity contribution is 6.35. The zero-order valence-corrected chi connectivity index (χ0v) is 10.5. The minimum atomic E-state index is -1.02. The minimum absolute atomic E-state index is 0.144. The van der Waals surface area contributed by atoms with Crippen LogP contribution in [0.25, 0.3) is 0 Å². The molecule has 0 spiro atoms. The van der Waals surface area contributed by atoms with E-state index >= 15 is 0 Å². The first-order valence-corrected chi connectivity index (χ1v) is 5.73. The van der Waals surface area contributed by atoms with E-state index in [0.29, 0.717) is 21.6 Å². The molecule has 2 aromatic rings. The molecular weight excluding hydrogens is 275 g/mol. The maximum Gasteiger partial charge on any atom is 0.335 e. The molecule has 0 bridgehead atoms. The van der Waals surface area contributed by atoms with E-state index in [1.807, 2.05) is 0 Å². The Balaban J connectivity index is 2.31. The lowest BCUT2D eigenvalue weighted by molar-refractivity contribution is 0.0697. The Labute approximate surface area is 113 Å². The lowest BCUT2D eigenvalue weighted by Gasteiger charge is -2.08. The minimum Gasteiger partial charge on any atom is -0.478 e. The summed E-state index contributed by atoms with van der Waals surface area (Å²) in [4.78, 5) is 14.8. The van der Waals surface area contributed by atoms with Crippen molar-refractivity contribution in [2.24, 2.45) is 0 Å². The third kappa shape index (κ3) is 2.91. The Bertz CT molecular complexity index is 602. The third-order valence-electron chi connectivity index (χ3n) is 2.20. The summed E-state index contributed by atoms with van der Waals surface area (Å²) in [5, 5.41) is 12.8. The summed E-state index contributed by atoms with van der Waals surface area (Å²) in [5.41, 5.74) is 0.713. The molecule has 1 heterocycles. The molecule has 0 fully saturated rings. The normalized spacial score (nSPS) is 10.1. The second-order valence-electron chi connectivity index (χ2n) is 3.48. The monoisotopic (exact) mass is 282 g/mol. The summed E-state index contributed by atoms with van der Waals surface area (Å²) in [7, 11) is 0. The lowest BCUT2D eigenvalue weighted by Crippen LogP contribution is -2.00. The Morgan fingerprint density at radius 3 is 2.72 bits per heavy atom. The second-order valence-corrected chi connectivity index (χ2v) is 4.33. The maximum absolute atomic E-state index is 10.8. The molecule has 1 aromatic carbocycles. The number of nitrogens with one attached hydrogen (secondary N) is 1. The number of carboxylic acid groups (broad SMARTS) is 1. The highest BCUT2D eigenvalue weighted by Gasteiger charge is 2.06. The van der Waals surface area contributed by atoms with Gasteiger partial charge in [0, 0.05) is 11.2 Å². The van der Waals surface area contributed by atoms with E-state index in [1.165, 1.54) is 18.3 Å². The van der Waals surface area contributed by atoms with Crippen LogP contribution < -0.4 is 5.32 Å². The largest absolute Gasteiger partial charge is 0.478 e. The first-order valence-electron chi connectivity index (χ1n) is 4.97. The predicted molar refractivity (Wildman–Crippen MR) is 70.9 cm³/mol. The number of anilines is 2. The van der Waals surface area contributed by atoms with Crippen molar-refractivity contribution < 1.29 is 9.90 Å². The lowest BCUT2D eigenvalue weighted by atomic mass is 10.2. The van der Waals surface area contributed by atoms with Crippen LogP contribution in [0.4, 0.5) is 11.5 Å². The molecule has 0 unspecified atom stereocenters. The van der Waals surface area contributed by atoms with E-state index in [4.69, 9.17) is 28.3 Å². The standard InChI is InChI=1S/C12H8Cl2N2O2/c13-8-1-2-9(14)10(6-8)16-11-5-7(12(17)18)3-4-15-11/h1-6H,(H,15,16)(H,17,18). The smallest absolute Gasteiger partial charge is 0.335 e. The fourth-order valence-corrected chi connectivity index (χ4v) is 1.70. The van der Waals surface area contributed by atoms with Crippen molar-refractivity contribution >= 4 is 40.7 Å². The summed E-state index contributed by atoms with van der Waals surface area (Å²) in [6.07, 6.45) is 1.41. The number of hydrogen-bond acceptors (Lipinski definition) is 3. The van der Waals surface area contributed by atoms with E-state index in [-0.39, 0.29) is 5.56 Å². The van der Waals surface area contributed by atoms with Gasteiger partial charge in [-0.15, -0.1) is 0 Å². The molecule has 18 heavy (non-hydrogen) atoms. The summed E-state index contributed by atoms with van der Waals surface area (Å²) in [6, 6.07) is 7.77. The van der Waals surface area contributed by atoms with Crippen LogP contribution in [0.3, 0.4) is 0 Å². The van der Waals surface area contributed by atoms with Gasteiger partial charge in [-0.2, -0.15) is 0 Å². The van der Waals surface area contributed by atoms with Crippen molar-refractivity contribution in [1.82, 2.24) is 4.98 Å². The molecule has 92 valence electrons. The highest BCUT2D eigenvalue weighted by atomic mass is 35.5. The molecule has 0 aliphatic rings. The molecule has 0 aliphatic carbocycles. The number of rotatable bonds is 3. The highest BCUT2D eigenvalue weighted by Crippen LogP contribution is 2.27. The van der Waals surface area contributed by atoms with Crippen LogP contribution in [-0.2, 0) is 0 Å². The van der Waals surface area contributed by atoms with E-state index in [2.05, 4.69) is 10.3 Å². The number of pyridine rings is 1. The van der Waals surface area contributed by atoms with Gasteiger partial charge in [0.25, 0.3) is 0 Å². The van der Waals surface area contributed by atoms with Crippen molar-refractivity contribution in [3.63, 3.8) is 0 Å². The molecule has 0 saturated carbocycles. The Morgan fingerprint density at radius 1 is 1.22 bits per heavy atom. The fourth-order valence-electron chi connectivity index (χ4n) is 1.36. The molecule has 4 nitrogen and oxygen atoms in total. The van der Waals surface area contributed by atoms with Crippen LogP contribution in [0.1, 0.15) is 10.4 Å². The first-order chi connectivity index (χ1) is 8.56. The van der Waals surface area contributed by atoms with Gasteiger partial charge in [0.15, 0.2) is 0 Å². The van der Waals surface area contributed by atoms with Crippen LogP contribution in [-0.4, -0.2) is 16.1 Å². The van der Waals surface area contributed by atoms with Crippen molar-refractivity contribution in [1.29, 1.82) is 0 Å². The fraction of sp³-hybridized carbons (Fsp3) is 0. The van der Waals surface area contributed by atoms with Gasteiger partial charge in [0.2, 0.25) is 0 Å². The van der Waals surface area contributed by atoms with Gasteiger partial charge in [-0.25, -0.2) is 9.78 Å². The number of carboxylic acids is 1. The number of nitrogens with zero attached hydrogens (tertiary/aromatic N) is 1. The first kappa shape index (κ1) is 12.7. The van der Waals surface area contributed by atoms with Crippen molar-refractivity contribution in [3.8, 4) is 0 Å². The van der Waals surface area contributed by atoms with Crippen LogP contribution in [0.2, 0.25) is 10.0 Å². The summed E-state index contributed by atoms with van der Waals surface area (Å²) in [6.45, 7) is 0. The van der Waals surface area contributed by atoms with Crippen LogP contribution >= 0.6 is 23.2 Å². The number of aromatic carboxylic acids is 1. The molecule has 2 rings (SSSR count). The third-order valence-corrected chi connectivity index (χ3v) is 2.76. The molecule has 0 radical (unpaired) electrons. The van der Waals surface area contributed by atoms with E-state index in [1.54, 1.807) is 18.2 Å². The van der Waals surface area contributed by atoms with Gasteiger partial charge in [0.05, 0.1) is 16.3 Å². The number of halogens is 2. The van der Waals surface area contributed by atoms with Crippen LogP contribution in [0.5, 0.6) is 0 Å². The molecule has 2 N–H and O–H groups in total. The number of aromatic nitrogens is 1. The van der Waals surface area contributed by atoms with Crippen LogP contribution in [0.15, 0.2) is 36.5 Å². The Kier molecular flexibility index (Phi) is 3.69. The van der Waals surface area contributed by atoms with Crippen molar-refractivity contribution in [3.05, 3.63) is 52.1 Å². The van der Waals surface area contributed by atoms with Gasteiger partial charge >= 0.3 is 5.97 Å². The molecule has 1 aromatic heterocycles. The quantitative estimate of drug-likeness (QED) is 0.898. The number of benzene rings is 1. The molecule has 0 saturated heterocycles. The van der Waals surface area contributed by atoms with Gasteiger partial charge in [-0.3, -0.25) is 0 Å². The Hall–Kier alpha value is -1.78. The molecule has 0 amide bonds. The Morgan fingerprint density at radius 2 is 2.00 bits per heavy atom. The van der Waals surface area contributed by atoms with Crippen LogP contribution in [0, 0.1) is 0 Å². The van der Waals surface area contributed by atoms with Gasteiger partial charge < -0.3 is 10.4 Å². The zero-order valence-electron chi connectivity index (χ0n) is 9.02. The summed E-state index contributed by atoms with van der Waals surface area (Å²) < 4.78 is 0. The predicted octanol–water partition coefficient (Wildman–Crippen LogP) is 3.83. The molecular formula is C12H8Cl2N2O2. The second kappa shape index (κ2) is 5.25. The van der Waals surface area contributed by atoms with Crippen molar-refractivity contribution in [2.45, 2.75) is 0 Å². The maximum atomic E-state index is 10.8. The molecule has 0 aliphatic heterocycles. The molecule has 0 atom stereocenters. The van der Waals surface area contributed by atoms with Gasteiger partial charge in [-0.1, -0.05) is 23.2 Å². The number of hydrogen-bond donors (Lipinski definition) is 2. The summed E-state index contributed by atoms with van der Waals surface area (Å²) in [5.74, 6) is -0.628. The zero-order chi connectivity index (χ0) is 13.1. The molecule has 6 heteroatoms. The van der Waals surface area contributed by atoms with E-state index in [9.17, 15) is 4.79 Å². The van der Waals surface area contributed by atoms with Gasteiger partial charge in [0.1, 0.15) is 5.82 Å². The van der Waals surface area contributed by atoms with E-state index < -0.39 is 5.97 Å². The average molecular weight is 283 g/mol. The van der Waals surface area contributed by atoms with Gasteiger partial charge in [-0.05, 0) is 30.3 Å². The average Bonchev–Trinajstić information content (AvgIpc) is 2.34. The summed E-state index contributed by atoms with van der Waals surface area (Å²) >= 11 is 11.8. The van der Waals surface area contributed by atoms with E-state index in [0.717, 1.165) is 0 Å².